The summed E-state index contributed by atoms with van der Waals surface area (Å²) in [5, 5.41) is 2.39. The summed E-state index contributed by atoms with van der Waals surface area (Å²) >= 11 is 1.30. The van der Waals surface area contributed by atoms with E-state index in [4.69, 9.17) is 0 Å². The number of nitrogens with zero attached hydrogens (tertiary/aromatic N) is 1. The van der Waals surface area contributed by atoms with Gasteiger partial charge in [0.1, 0.15) is 5.82 Å². The molecule has 21 heavy (non-hydrogen) atoms. The van der Waals surface area contributed by atoms with Crippen molar-refractivity contribution >= 4 is 17.2 Å². The van der Waals surface area contributed by atoms with Crippen LogP contribution in [-0.2, 0) is 12.7 Å². The molecule has 112 valence electrons. The van der Waals surface area contributed by atoms with Crippen molar-refractivity contribution in [1.29, 1.82) is 0 Å². The molecular formula is C13H10F4N2OS. The molecule has 1 aromatic carbocycles. The SMILES string of the molecule is Cc1ncsc1CNC(=O)c1cccc(C(F)(F)F)c1F. The summed E-state index contributed by atoms with van der Waals surface area (Å²) in [4.78, 5) is 16.6. The molecule has 1 amide bonds. The third kappa shape index (κ3) is 3.38. The number of benzene rings is 1. The molecule has 0 saturated carbocycles. The van der Waals surface area contributed by atoms with Crippen molar-refractivity contribution < 1.29 is 22.4 Å². The zero-order valence-corrected chi connectivity index (χ0v) is 11.6. The Kier molecular flexibility index (Phi) is 4.26. The Labute approximate surface area is 121 Å². The Balaban J connectivity index is 2.18. The number of rotatable bonds is 3. The van der Waals surface area contributed by atoms with Crippen LogP contribution in [0.5, 0.6) is 0 Å². The molecule has 3 nitrogen and oxygen atoms in total. The fourth-order valence-corrected chi connectivity index (χ4v) is 2.39. The minimum atomic E-state index is -4.84. The number of hydrogen-bond donors (Lipinski definition) is 1. The molecule has 0 bridgehead atoms. The summed E-state index contributed by atoms with van der Waals surface area (Å²) in [7, 11) is 0. The van der Waals surface area contributed by atoms with Gasteiger partial charge < -0.3 is 5.32 Å². The average Bonchev–Trinajstić information content (AvgIpc) is 2.80. The average molecular weight is 318 g/mol. The Morgan fingerprint density at radius 3 is 2.67 bits per heavy atom. The van der Waals surface area contributed by atoms with E-state index in [9.17, 15) is 22.4 Å². The van der Waals surface area contributed by atoms with Crippen LogP contribution in [-0.4, -0.2) is 10.9 Å². The highest BCUT2D eigenvalue weighted by molar-refractivity contribution is 7.09. The van der Waals surface area contributed by atoms with E-state index in [2.05, 4.69) is 10.3 Å². The molecule has 0 radical (unpaired) electrons. The normalized spacial score (nSPS) is 11.5. The van der Waals surface area contributed by atoms with Crippen molar-refractivity contribution in [2.45, 2.75) is 19.6 Å². The van der Waals surface area contributed by atoms with Crippen molar-refractivity contribution in [1.82, 2.24) is 10.3 Å². The summed E-state index contributed by atoms with van der Waals surface area (Å²) in [5.74, 6) is -2.46. The van der Waals surface area contributed by atoms with E-state index in [0.717, 1.165) is 17.0 Å². The van der Waals surface area contributed by atoms with Crippen LogP contribution in [0.15, 0.2) is 23.7 Å². The number of nitrogens with one attached hydrogen (secondary N) is 1. The molecule has 0 saturated heterocycles. The second-order valence-electron chi connectivity index (χ2n) is 4.21. The van der Waals surface area contributed by atoms with Gasteiger partial charge in [-0.25, -0.2) is 9.37 Å². The van der Waals surface area contributed by atoms with E-state index in [1.54, 1.807) is 12.4 Å². The van der Waals surface area contributed by atoms with Gasteiger partial charge in [-0.2, -0.15) is 13.2 Å². The maximum absolute atomic E-state index is 13.8. The zero-order valence-electron chi connectivity index (χ0n) is 10.8. The van der Waals surface area contributed by atoms with Crippen molar-refractivity contribution in [2.24, 2.45) is 0 Å². The van der Waals surface area contributed by atoms with Gasteiger partial charge in [0.15, 0.2) is 0 Å². The third-order valence-electron chi connectivity index (χ3n) is 2.80. The second kappa shape index (κ2) is 5.80. The van der Waals surface area contributed by atoms with Gasteiger partial charge in [0, 0.05) is 4.88 Å². The number of aryl methyl sites for hydroxylation is 1. The first kappa shape index (κ1) is 15.4. The van der Waals surface area contributed by atoms with Gasteiger partial charge in [0.2, 0.25) is 0 Å². The van der Waals surface area contributed by atoms with E-state index >= 15 is 0 Å². The lowest BCUT2D eigenvalue weighted by Gasteiger charge is -2.11. The maximum Gasteiger partial charge on any atom is 0.419 e. The molecule has 1 heterocycles. The van der Waals surface area contributed by atoms with Crippen molar-refractivity contribution in [3.8, 4) is 0 Å². The Bertz CT molecular complexity index is 666. The largest absolute Gasteiger partial charge is 0.419 e. The third-order valence-corrected chi connectivity index (χ3v) is 3.74. The van der Waals surface area contributed by atoms with Crippen LogP contribution < -0.4 is 5.32 Å². The molecule has 1 aromatic heterocycles. The van der Waals surface area contributed by atoms with Gasteiger partial charge in [-0.15, -0.1) is 11.3 Å². The fourth-order valence-electron chi connectivity index (χ4n) is 1.68. The molecular weight excluding hydrogens is 308 g/mol. The van der Waals surface area contributed by atoms with E-state index in [1.165, 1.54) is 11.3 Å². The summed E-state index contributed by atoms with van der Waals surface area (Å²) in [5.41, 5.74) is 0.211. The molecule has 1 N–H and O–H groups in total. The lowest BCUT2D eigenvalue weighted by atomic mass is 10.1. The Morgan fingerprint density at radius 1 is 1.38 bits per heavy atom. The number of carbonyl (C=O) groups excluding carboxylic acids is 1. The smallest absolute Gasteiger partial charge is 0.347 e. The van der Waals surface area contributed by atoms with Gasteiger partial charge in [0.05, 0.1) is 28.9 Å². The van der Waals surface area contributed by atoms with Crippen LogP contribution in [0.25, 0.3) is 0 Å². The summed E-state index contributed by atoms with van der Waals surface area (Å²) in [6, 6.07) is 2.61. The van der Waals surface area contributed by atoms with E-state index in [0.29, 0.717) is 11.8 Å². The number of hydrogen-bond acceptors (Lipinski definition) is 3. The maximum atomic E-state index is 13.8. The first-order valence-corrected chi connectivity index (χ1v) is 6.71. The van der Waals surface area contributed by atoms with Crippen LogP contribution >= 0.6 is 11.3 Å². The van der Waals surface area contributed by atoms with Gasteiger partial charge in [0.25, 0.3) is 5.91 Å². The van der Waals surface area contributed by atoms with Gasteiger partial charge in [-0.3, -0.25) is 4.79 Å². The number of alkyl halides is 3. The second-order valence-corrected chi connectivity index (χ2v) is 5.15. The monoisotopic (exact) mass is 318 g/mol. The number of aromatic nitrogens is 1. The predicted molar refractivity (Wildman–Crippen MR) is 69.4 cm³/mol. The molecule has 0 aliphatic carbocycles. The Morgan fingerprint density at radius 2 is 2.10 bits per heavy atom. The highest BCUT2D eigenvalue weighted by Gasteiger charge is 2.35. The molecule has 0 atom stereocenters. The number of thiazole rings is 1. The van der Waals surface area contributed by atoms with Crippen LogP contribution in [0, 0.1) is 12.7 Å². The quantitative estimate of drug-likeness (QED) is 0.880. The lowest BCUT2D eigenvalue weighted by molar-refractivity contribution is -0.140. The van der Waals surface area contributed by atoms with E-state index in [-0.39, 0.29) is 6.54 Å². The molecule has 0 spiro atoms. The topological polar surface area (TPSA) is 42.0 Å². The molecule has 0 aliphatic heterocycles. The van der Waals surface area contributed by atoms with E-state index < -0.39 is 29.0 Å². The van der Waals surface area contributed by atoms with Crippen molar-refractivity contribution in [3.05, 3.63) is 51.2 Å². The van der Waals surface area contributed by atoms with Crippen molar-refractivity contribution in [2.75, 3.05) is 0 Å². The molecule has 0 aliphatic rings. The highest BCUT2D eigenvalue weighted by atomic mass is 32.1. The summed E-state index contributed by atoms with van der Waals surface area (Å²) in [6.45, 7) is 1.83. The van der Waals surface area contributed by atoms with Crippen LogP contribution in [0.3, 0.4) is 0 Å². The molecule has 0 unspecified atom stereocenters. The Hall–Kier alpha value is -1.96. The number of halogens is 4. The number of carbonyl (C=O) groups is 1. The zero-order chi connectivity index (χ0) is 15.6. The predicted octanol–water partition coefficient (Wildman–Crippen LogP) is 3.54. The van der Waals surface area contributed by atoms with Crippen LogP contribution in [0.4, 0.5) is 17.6 Å². The minimum absolute atomic E-state index is 0.0883. The number of amides is 1. The van der Waals surface area contributed by atoms with Gasteiger partial charge in [-0.1, -0.05) is 6.07 Å². The van der Waals surface area contributed by atoms with Crippen LogP contribution in [0.1, 0.15) is 26.5 Å². The standard InChI is InChI=1S/C13H10F4N2OS/c1-7-10(21-6-19-7)5-18-12(20)8-3-2-4-9(11(8)14)13(15,16)17/h2-4,6H,5H2,1H3,(H,18,20). The van der Waals surface area contributed by atoms with Gasteiger partial charge >= 0.3 is 6.18 Å². The minimum Gasteiger partial charge on any atom is -0.347 e. The molecule has 2 aromatic rings. The highest BCUT2D eigenvalue weighted by Crippen LogP contribution is 2.32. The van der Waals surface area contributed by atoms with Crippen LogP contribution in [0.2, 0.25) is 0 Å². The molecule has 0 fully saturated rings. The summed E-state index contributed by atoms with van der Waals surface area (Å²) < 4.78 is 51.5. The van der Waals surface area contributed by atoms with Crippen molar-refractivity contribution in [3.63, 3.8) is 0 Å². The molecule has 8 heteroatoms. The first-order chi connectivity index (χ1) is 9.80. The fraction of sp³-hybridized carbons (Fsp3) is 0.231. The first-order valence-electron chi connectivity index (χ1n) is 5.83. The molecule has 2 rings (SSSR count). The van der Waals surface area contributed by atoms with Gasteiger partial charge in [-0.05, 0) is 19.1 Å². The summed E-state index contributed by atoms with van der Waals surface area (Å²) in [6.07, 6.45) is -4.84. The lowest BCUT2D eigenvalue weighted by Crippen LogP contribution is -2.25. The van der Waals surface area contributed by atoms with E-state index in [1.807, 2.05) is 0 Å².